The van der Waals surface area contributed by atoms with E-state index >= 15 is 0 Å². The van der Waals surface area contributed by atoms with Crippen LogP contribution in [0, 0.1) is 0 Å². The number of hydrogen-bond donors (Lipinski definition) is 1. The Hall–Kier alpha value is -1.52. The van der Waals surface area contributed by atoms with Crippen LogP contribution in [-0.2, 0) is 4.74 Å². The van der Waals surface area contributed by atoms with Crippen LogP contribution in [0.25, 0.3) is 0 Å². The fourth-order valence-electron chi connectivity index (χ4n) is 2.02. The van der Waals surface area contributed by atoms with Gasteiger partial charge in [-0.15, -0.1) is 0 Å². The number of benzene rings is 2. The van der Waals surface area contributed by atoms with E-state index in [2.05, 4.69) is 21.2 Å². The first-order chi connectivity index (χ1) is 10.0. The van der Waals surface area contributed by atoms with Crippen molar-refractivity contribution in [3.63, 3.8) is 0 Å². The molecule has 0 amide bonds. The van der Waals surface area contributed by atoms with Crippen LogP contribution in [-0.4, -0.2) is 13.1 Å². The summed E-state index contributed by atoms with van der Waals surface area (Å²) in [7, 11) is 1.35. The molecular formula is C16H15BrClNO2. The second kappa shape index (κ2) is 6.96. The number of methoxy groups -OCH3 is 1. The molecule has 0 aliphatic heterocycles. The van der Waals surface area contributed by atoms with Gasteiger partial charge >= 0.3 is 5.97 Å². The molecule has 2 rings (SSSR count). The van der Waals surface area contributed by atoms with E-state index in [1.807, 2.05) is 31.2 Å². The smallest absolute Gasteiger partial charge is 0.337 e. The third-order valence-corrected chi connectivity index (χ3v) is 4.18. The van der Waals surface area contributed by atoms with Crippen LogP contribution in [0.4, 0.5) is 5.69 Å². The summed E-state index contributed by atoms with van der Waals surface area (Å²) in [6, 6.07) is 13.0. The summed E-state index contributed by atoms with van der Waals surface area (Å²) in [5, 5.41) is 3.87. The number of halogens is 2. The molecule has 21 heavy (non-hydrogen) atoms. The lowest BCUT2D eigenvalue weighted by Crippen LogP contribution is -2.09. The van der Waals surface area contributed by atoms with Crippen LogP contribution in [0.2, 0.25) is 5.02 Å². The Morgan fingerprint density at radius 3 is 2.67 bits per heavy atom. The zero-order valence-electron chi connectivity index (χ0n) is 11.7. The number of carbonyl (C=O) groups is 1. The van der Waals surface area contributed by atoms with E-state index in [1.54, 1.807) is 18.2 Å². The maximum atomic E-state index is 11.6. The van der Waals surface area contributed by atoms with Gasteiger partial charge in [-0.05, 0) is 36.8 Å². The molecule has 110 valence electrons. The molecule has 0 aliphatic rings. The number of esters is 1. The molecule has 0 saturated carbocycles. The average Bonchev–Trinajstić information content (AvgIpc) is 2.49. The molecule has 3 nitrogen and oxygen atoms in total. The molecule has 1 unspecified atom stereocenters. The Morgan fingerprint density at radius 2 is 2.00 bits per heavy atom. The van der Waals surface area contributed by atoms with E-state index in [-0.39, 0.29) is 12.0 Å². The summed E-state index contributed by atoms with van der Waals surface area (Å²) >= 11 is 9.72. The van der Waals surface area contributed by atoms with Crippen LogP contribution in [0.3, 0.4) is 0 Å². The summed E-state index contributed by atoms with van der Waals surface area (Å²) in [6.45, 7) is 2.03. The molecule has 0 radical (unpaired) electrons. The normalized spacial score (nSPS) is 11.8. The molecule has 0 heterocycles. The zero-order valence-corrected chi connectivity index (χ0v) is 14.0. The van der Waals surface area contributed by atoms with E-state index in [1.165, 1.54) is 7.11 Å². The van der Waals surface area contributed by atoms with Gasteiger partial charge in [-0.1, -0.05) is 45.7 Å². The van der Waals surface area contributed by atoms with Crippen LogP contribution >= 0.6 is 27.5 Å². The van der Waals surface area contributed by atoms with E-state index in [9.17, 15) is 4.79 Å². The van der Waals surface area contributed by atoms with Crippen molar-refractivity contribution in [2.45, 2.75) is 13.0 Å². The van der Waals surface area contributed by atoms with Crippen molar-refractivity contribution in [3.05, 3.63) is 63.1 Å². The van der Waals surface area contributed by atoms with E-state index in [0.717, 1.165) is 10.0 Å². The predicted octanol–water partition coefficient (Wildman–Crippen LogP) is 5.06. The Bertz CT molecular complexity index is 660. The average molecular weight is 369 g/mol. The standard InChI is InChI=1S/C16H15BrClNO2/c1-10(12-5-3-4-6-13(12)17)19-15-9-11(16(20)21-2)7-8-14(15)18/h3-10,19H,1-2H3. The molecule has 0 saturated heterocycles. The Balaban J connectivity index is 2.27. The minimum absolute atomic E-state index is 0.0333. The second-order valence-electron chi connectivity index (χ2n) is 4.57. The Morgan fingerprint density at radius 1 is 1.29 bits per heavy atom. The third-order valence-electron chi connectivity index (χ3n) is 3.13. The van der Waals surface area contributed by atoms with Gasteiger partial charge in [-0.3, -0.25) is 0 Å². The maximum Gasteiger partial charge on any atom is 0.337 e. The number of ether oxygens (including phenoxy) is 1. The molecule has 0 spiro atoms. The van der Waals surface area contributed by atoms with Gasteiger partial charge in [-0.25, -0.2) is 4.79 Å². The molecule has 0 bridgehead atoms. The number of hydrogen-bond acceptors (Lipinski definition) is 3. The number of rotatable bonds is 4. The topological polar surface area (TPSA) is 38.3 Å². The molecular weight excluding hydrogens is 354 g/mol. The van der Waals surface area contributed by atoms with Crippen molar-refractivity contribution in [1.82, 2.24) is 0 Å². The first kappa shape index (κ1) is 15.9. The molecule has 0 aliphatic carbocycles. The molecule has 0 fully saturated rings. The lowest BCUT2D eigenvalue weighted by molar-refractivity contribution is 0.0601. The first-order valence-electron chi connectivity index (χ1n) is 6.41. The summed E-state index contributed by atoms with van der Waals surface area (Å²) in [5.41, 5.74) is 2.27. The van der Waals surface area contributed by atoms with Crippen molar-refractivity contribution in [3.8, 4) is 0 Å². The van der Waals surface area contributed by atoms with Gasteiger partial charge in [0.05, 0.1) is 23.4 Å². The summed E-state index contributed by atoms with van der Waals surface area (Å²) in [5.74, 6) is -0.386. The van der Waals surface area contributed by atoms with E-state index in [4.69, 9.17) is 16.3 Å². The highest BCUT2D eigenvalue weighted by molar-refractivity contribution is 9.10. The van der Waals surface area contributed by atoms with Crippen LogP contribution < -0.4 is 5.32 Å². The van der Waals surface area contributed by atoms with Crippen molar-refractivity contribution < 1.29 is 9.53 Å². The fourth-order valence-corrected chi connectivity index (χ4v) is 2.82. The maximum absolute atomic E-state index is 11.6. The third kappa shape index (κ3) is 3.77. The minimum atomic E-state index is -0.386. The number of nitrogens with one attached hydrogen (secondary N) is 1. The summed E-state index contributed by atoms with van der Waals surface area (Å²) in [4.78, 5) is 11.6. The Kier molecular flexibility index (Phi) is 5.26. The van der Waals surface area contributed by atoms with Gasteiger partial charge in [0, 0.05) is 10.5 Å². The largest absolute Gasteiger partial charge is 0.465 e. The molecule has 0 aromatic heterocycles. The fraction of sp³-hybridized carbons (Fsp3) is 0.188. The highest BCUT2D eigenvalue weighted by Gasteiger charge is 2.13. The van der Waals surface area contributed by atoms with Gasteiger partial charge < -0.3 is 10.1 Å². The molecule has 1 atom stereocenters. The molecule has 5 heteroatoms. The zero-order chi connectivity index (χ0) is 15.4. The lowest BCUT2D eigenvalue weighted by Gasteiger charge is -2.18. The molecule has 2 aromatic carbocycles. The number of carbonyl (C=O) groups excluding carboxylic acids is 1. The van der Waals surface area contributed by atoms with E-state index < -0.39 is 0 Å². The SMILES string of the molecule is COC(=O)c1ccc(Cl)c(NC(C)c2ccccc2Br)c1. The van der Waals surface area contributed by atoms with Crippen LogP contribution in [0.1, 0.15) is 28.9 Å². The van der Waals surface area contributed by atoms with Gasteiger partial charge in [0.25, 0.3) is 0 Å². The molecule has 1 N–H and O–H groups in total. The highest BCUT2D eigenvalue weighted by Crippen LogP contribution is 2.30. The van der Waals surface area contributed by atoms with Crippen LogP contribution in [0.5, 0.6) is 0 Å². The molecule has 2 aromatic rings. The van der Waals surface area contributed by atoms with E-state index in [0.29, 0.717) is 16.3 Å². The van der Waals surface area contributed by atoms with Crippen molar-refractivity contribution in [2.24, 2.45) is 0 Å². The van der Waals surface area contributed by atoms with Crippen molar-refractivity contribution in [1.29, 1.82) is 0 Å². The Labute approximate surface area is 137 Å². The lowest BCUT2D eigenvalue weighted by atomic mass is 10.1. The summed E-state index contributed by atoms with van der Waals surface area (Å²) < 4.78 is 5.74. The number of anilines is 1. The van der Waals surface area contributed by atoms with Gasteiger partial charge in [0.1, 0.15) is 0 Å². The second-order valence-corrected chi connectivity index (χ2v) is 5.84. The van der Waals surface area contributed by atoms with Crippen molar-refractivity contribution >= 4 is 39.2 Å². The van der Waals surface area contributed by atoms with Gasteiger partial charge in [-0.2, -0.15) is 0 Å². The predicted molar refractivity (Wildman–Crippen MR) is 89.0 cm³/mol. The highest BCUT2D eigenvalue weighted by atomic mass is 79.9. The monoisotopic (exact) mass is 367 g/mol. The van der Waals surface area contributed by atoms with Crippen LogP contribution in [0.15, 0.2) is 46.9 Å². The quantitative estimate of drug-likeness (QED) is 0.766. The van der Waals surface area contributed by atoms with Gasteiger partial charge in [0.15, 0.2) is 0 Å². The summed E-state index contributed by atoms with van der Waals surface area (Å²) in [6.07, 6.45) is 0. The van der Waals surface area contributed by atoms with Crippen molar-refractivity contribution in [2.75, 3.05) is 12.4 Å². The minimum Gasteiger partial charge on any atom is -0.465 e. The van der Waals surface area contributed by atoms with Gasteiger partial charge in [0.2, 0.25) is 0 Å². The first-order valence-corrected chi connectivity index (χ1v) is 7.59.